The lowest BCUT2D eigenvalue weighted by atomic mass is 10.0. The summed E-state index contributed by atoms with van der Waals surface area (Å²) in [6, 6.07) is 18.9. The molecule has 5 nitrogen and oxygen atoms in total. The van der Waals surface area contributed by atoms with E-state index in [1.807, 2.05) is 54.6 Å². The number of hydrogen-bond acceptors (Lipinski definition) is 3. The largest absolute Gasteiger partial charge is 0.494 e. The number of aromatic nitrogens is 2. The van der Waals surface area contributed by atoms with Crippen LogP contribution in [0.1, 0.15) is 18.4 Å². The van der Waals surface area contributed by atoms with Crippen molar-refractivity contribution in [2.75, 3.05) is 0 Å². The number of nitrogens with zero attached hydrogens (tertiary/aromatic N) is 2. The van der Waals surface area contributed by atoms with Crippen LogP contribution < -0.4 is 0 Å². The Labute approximate surface area is 143 Å². The van der Waals surface area contributed by atoms with Crippen LogP contribution in [-0.2, 0) is 4.79 Å². The first kappa shape index (κ1) is 15.2. The number of carboxylic acid groups (broad SMARTS) is 1. The normalized spacial score (nSPS) is 12.5. The van der Waals surface area contributed by atoms with E-state index in [4.69, 9.17) is 4.98 Å². The Kier molecular flexibility index (Phi) is 3.42. The molecule has 0 bridgehead atoms. The molecule has 25 heavy (non-hydrogen) atoms. The highest BCUT2D eigenvalue weighted by atomic mass is 16.4. The first-order chi connectivity index (χ1) is 12.1. The van der Waals surface area contributed by atoms with E-state index in [9.17, 15) is 15.0 Å². The van der Waals surface area contributed by atoms with Gasteiger partial charge in [-0.25, -0.2) is 4.98 Å². The van der Waals surface area contributed by atoms with Crippen LogP contribution in [-0.4, -0.2) is 25.6 Å². The molecule has 0 saturated carbocycles. The molecular weight excluding hydrogens is 316 g/mol. The summed E-state index contributed by atoms with van der Waals surface area (Å²) in [4.78, 5) is 16.2. The SMILES string of the molecule is CC(C(=O)O)c1cc2c(-c3ccccc3)nc3ccccc3n2c1O. The summed E-state index contributed by atoms with van der Waals surface area (Å²) in [5.41, 5.74) is 4.14. The third kappa shape index (κ3) is 2.32. The molecule has 0 aliphatic carbocycles. The fourth-order valence-electron chi connectivity index (χ4n) is 3.12. The summed E-state index contributed by atoms with van der Waals surface area (Å²) >= 11 is 0. The first-order valence-corrected chi connectivity index (χ1v) is 7.99. The second kappa shape index (κ2) is 5.63. The molecule has 4 rings (SSSR count). The minimum Gasteiger partial charge on any atom is -0.494 e. The number of aromatic hydroxyl groups is 1. The topological polar surface area (TPSA) is 74.8 Å². The van der Waals surface area contributed by atoms with E-state index in [0.717, 1.165) is 16.6 Å². The molecule has 0 aliphatic rings. The van der Waals surface area contributed by atoms with Gasteiger partial charge in [-0.1, -0.05) is 42.5 Å². The standard InChI is InChI=1S/C20H16N2O3/c1-12(20(24)25)14-11-17-18(13-7-3-2-4-8-13)21-15-9-5-6-10-16(15)22(17)19(14)23/h2-12,23H,1H3,(H,24,25). The smallest absolute Gasteiger partial charge is 0.310 e. The molecule has 0 amide bonds. The van der Waals surface area contributed by atoms with Crippen molar-refractivity contribution in [3.63, 3.8) is 0 Å². The molecule has 0 fully saturated rings. The van der Waals surface area contributed by atoms with Crippen LogP contribution in [0.4, 0.5) is 0 Å². The van der Waals surface area contributed by atoms with E-state index in [-0.39, 0.29) is 5.88 Å². The Balaban J connectivity index is 2.15. The first-order valence-electron chi connectivity index (χ1n) is 7.99. The average molecular weight is 332 g/mol. The predicted molar refractivity (Wildman–Crippen MR) is 95.8 cm³/mol. The third-order valence-corrected chi connectivity index (χ3v) is 4.48. The molecule has 0 saturated heterocycles. The highest BCUT2D eigenvalue weighted by Crippen LogP contribution is 2.36. The van der Waals surface area contributed by atoms with E-state index in [2.05, 4.69) is 0 Å². The molecule has 0 radical (unpaired) electrons. The molecule has 5 heteroatoms. The Morgan fingerprint density at radius 2 is 1.72 bits per heavy atom. The van der Waals surface area contributed by atoms with Gasteiger partial charge in [0.2, 0.25) is 0 Å². The van der Waals surface area contributed by atoms with Crippen molar-refractivity contribution >= 4 is 22.5 Å². The minimum atomic E-state index is -0.982. The summed E-state index contributed by atoms with van der Waals surface area (Å²) in [6.45, 7) is 1.56. The number of fused-ring (bicyclic) bond motifs is 3. The fraction of sp³-hybridized carbons (Fsp3) is 0.100. The van der Waals surface area contributed by atoms with E-state index in [1.54, 1.807) is 17.4 Å². The third-order valence-electron chi connectivity index (χ3n) is 4.48. The molecular formula is C20H16N2O3. The molecule has 4 aromatic rings. The zero-order chi connectivity index (χ0) is 17.6. The van der Waals surface area contributed by atoms with Crippen LogP contribution in [0, 0.1) is 0 Å². The Morgan fingerprint density at radius 3 is 2.44 bits per heavy atom. The summed E-state index contributed by atoms with van der Waals surface area (Å²) < 4.78 is 1.68. The Morgan fingerprint density at radius 1 is 1.04 bits per heavy atom. The summed E-state index contributed by atoms with van der Waals surface area (Å²) in [5, 5.41) is 20.1. The van der Waals surface area contributed by atoms with Gasteiger partial charge in [0, 0.05) is 11.1 Å². The van der Waals surface area contributed by atoms with Crippen LogP contribution in [0.25, 0.3) is 27.8 Å². The summed E-state index contributed by atoms with van der Waals surface area (Å²) in [6.07, 6.45) is 0. The molecule has 2 aromatic heterocycles. The minimum absolute atomic E-state index is 0.0549. The van der Waals surface area contributed by atoms with Gasteiger partial charge in [-0.15, -0.1) is 0 Å². The second-order valence-corrected chi connectivity index (χ2v) is 6.02. The monoisotopic (exact) mass is 332 g/mol. The number of para-hydroxylation sites is 2. The van der Waals surface area contributed by atoms with Gasteiger partial charge in [-0.2, -0.15) is 0 Å². The maximum atomic E-state index is 11.4. The van der Waals surface area contributed by atoms with Gasteiger partial charge >= 0.3 is 5.97 Å². The van der Waals surface area contributed by atoms with Crippen LogP contribution in [0.3, 0.4) is 0 Å². The van der Waals surface area contributed by atoms with Gasteiger partial charge in [0.25, 0.3) is 0 Å². The average Bonchev–Trinajstić information content (AvgIpc) is 2.98. The maximum Gasteiger partial charge on any atom is 0.310 e. The number of rotatable bonds is 3. The molecule has 0 spiro atoms. The van der Waals surface area contributed by atoms with E-state index < -0.39 is 11.9 Å². The fourth-order valence-corrected chi connectivity index (χ4v) is 3.12. The van der Waals surface area contributed by atoms with Crippen molar-refractivity contribution in [2.45, 2.75) is 12.8 Å². The molecule has 0 aliphatic heterocycles. The van der Waals surface area contributed by atoms with Crippen LogP contribution in [0.15, 0.2) is 60.7 Å². The van der Waals surface area contributed by atoms with E-state index >= 15 is 0 Å². The summed E-state index contributed by atoms with van der Waals surface area (Å²) in [5.74, 6) is -1.85. The van der Waals surface area contributed by atoms with Crippen LogP contribution in [0.2, 0.25) is 0 Å². The molecule has 2 N–H and O–H groups in total. The highest BCUT2D eigenvalue weighted by Gasteiger charge is 2.24. The summed E-state index contributed by atoms with van der Waals surface area (Å²) in [7, 11) is 0. The van der Waals surface area contributed by atoms with Crippen molar-refractivity contribution in [1.29, 1.82) is 0 Å². The van der Waals surface area contributed by atoms with Gasteiger partial charge in [-0.05, 0) is 25.1 Å². The lowest BCUT2D eigenvalue weighted by Gasteiger charge is -2.09. The molecule has 124 valence electrons. The highest BCUT2D eigenvalue weighted by molar-refractivity contribution is 5.90. The Hall–Kier alpha value is -3.34. The number of hydrogen-bond donors (Lipinski definition) is 2. The molecule has 2 heterocycles. The van der Waals surface area contributed by atoms with Crippen molar-refractivity contribution in [1.82, 2.24) is 9.38 Å². The second-order valence-electron chi connectivity index (χ2n) is 6.02. The van der Waals surface area contributed by atoms with Crippen molar-refractivity contribution < 1.29 is 15.0 Å². The van der Waals surface area contributed by atoms with Crippen molar-refractivity contribution in [3.8, 4) is 17.1 Å². The molecule has 1 unspecified atom stereocenters. The molecule has 1 atom stereocenters. The lowest BCUT2D eigenvalue weighted by molar-refractivity contribution is -0.138. The van der Waals surface area contributed by atoms with E-state index in [1.165, 1.54) is 0 Å². The quantitative estimate of drug-likeness (QED) is 0.593. The van der Waals surface area contributed by atoms with Crippen molar-refractivity contribution in [2.24, 2.45) is 0 Å². The van der Waals surface area contributed by atoms with Crippen LogP contribution in [0.5, 0.6) is 5.88 Å². The number of benzene rings is 2. The lowest BCUT2D eigenvalue weighted by Crippen LogP contribution is -2.06. The van der Waals surface area contributed by atoms with Gasteiger partial charge in [0.15, 0.2) is 5.88 Å². The zero-order valence-electron chi connectivity index (χ0n) is 13.5. The van der Waals surface area contributed by atoms with Gasteiger partial charge < -0.3 is 10.2 Å². The number of carboxylic acids is 1. The predicted octanol–water partition coefficient (Wildman–Crippen LogP) is 4.05. The Bertz CT molecular complexity index is 1100. The number of carbonyl (C=O) groups is 1. The van der Waals surface area contributed by atoms with Crippen molar-refractivity contribution in [3.05, 3.63) is 66.2 Å². The van der Waals surface area contributed by atoms with E-state index in [0.29, 0.717) is 16.8 Å². The zero-order valence-corrected chi connectivity index (χ0v) is 13.5. The number of aliphatic carboxylic acids is 1. The van der Waals surface area contributed by atoms with Gasteiger partial charge in [-0.3, -0.25) is 9.20 Å². The van der Waals surface area contributed by atoms with Gasteiger partial charge in [0.05, 0.1) is 28.2 Å². The molecule has 2 aromatic carbocycles. The maximum absolute atomic E-state index is 11.4. The van der Waals surface area contributed by atoms with Crippen LogP contribution >= 0.6 is 0 Å². The van der Waals surface area contributed by atoms with Gasteiger partial charge in [0.1, 0.15) is 0 Å².